The van der Waals surface area contributed by atoms with Gasteiger partial charge >= 0.3 is 6.03 Å². The summed E-state index contributed by atoms with van der Waals surface area (Å²) in [6.45, 7) is 2.99. The van der Waals surface area contributed by atoms with Crippen molar-refractivity contribution >= 4 is 41.2 Å². The molecule has 0 bridgehead atoms. The Morgan fingerprint density at radius 1 is 1.16 bits per heavy atom. The summed E-state index contributed by atoms with van der Waals surface area (Å²) in [7, 11) is 1.51. The first kappa shape index (κ1) is 22.2. The van der Waals surface area contributed by atoms with Gasteiger partial charge in [0.25, 0.3) is 5.91 Å². The minimum absolute atomic E-state index is 0.00752. The number of rotatable bonds is 7. The normalized spacial score (nSPS) is 17.8. The van der Waals surface area contributed by atoms with Crippen molar-refractivity contribution in [3.63, 3.8) is 0 Å². The third kappa shape index (κ3) is 4.97. The standard InChI is InChI=1S/C21H22N4O5S/c1-13(26)22-15-7-9-17(10-8-15)31-12-18(27)24-25-19(28)21(2,23-20(25)29)14-5-4-6-16(11-14)30-3/h4-11H,12H2,1-3H3,(H,22,26)(H,23,29)(H,24,27)/t21-/m1/s1. The van der Waals surface area contributed by atoms with Gasteiger partial charge < -0.3 is 15.4 Å². The second-order valence-corrected chi connectivity index (χ2v) is 8.01. The number of hydrogen-bond acceptors (Lipinski definition) is 6. The van der Waals surface area contributed by atoms with E-state index >= 15 is 0 Å². The third-order valence-electron chi connectivity index (χ3n) is 4.62. The predicted molar refractivity (Wildman–Crippen MR) is 115 cm³/mol. The van der Waals surface area contributed by atoms with Gasteiger partial charge in [0.05, 0.1) is 12.9 Å². The Kier molecular flexibility index (Phi) is 6.50. The van der Waals surface area contributed by atoms with Crippen molar-refractivity contribution in [2.45, 2.75) is 24.3 Å². The van der Waals surface area contributed by atoms with Crippen LogP contribution >= 0.6 is 11.8 Å². The third-order valence-corrected chi connectivity index (χ3v) is 5.63. The Balaban J connectivity index is 1.61. The van der Waals surface area contributed by atoms with Crippen LogP contribution in [0.4, 0.5) is 10.5 Å². The molecule has 1 saturated heterocycles. The summed E-state index contributed by atoms with van der Waals surface area (Å²) in [6.07, 6.45) is 0. The first-order valence-electron chi connectivity index (χ1n) is 9.34. The molecule has 0 spiro atoms. The highest BCUT2D eigenvalue weighted by molar-refractivity contribution is 8.00. The molecule has 0 unspecified atom stereocenters. The quantitative estimate of drug-likeness (QED) is 0.447. The number of carbonyl (C=O) groups excluding carboxylic acids is 4. The molecule has 5 amide bonds. The minimum Gasteiger partial charge on any atom is -0.497 e. The van der Waals surface area contributed by atoms with Gasteiger partial charge in [-0.1, -0.05) is 12.1 Å². The number of anilines is 1. The van der Waals surface area contributed by atoms with Crippen LogP contribution in [-0.2, 0) is 19.9 Å². The zero-order chi connectivity index (χ0) is 22.6. The highest BCUT2D eigenvalue weighted by Crippen LogP contribution is 2.30. The molecule has 2 aromatic rings. The summed E-state index contributed by atoms with van der Waals surface area (Å²) in [4.78, 5) is 49.5. The van der Waals surface area contributed by atoms with Crippen LogP contribution in [0, 0.1) is 0 Å². The van der Waals surface area contributed by atoms with Crippen molar-refractivity contribution in [3.8, 4) is 5.75 Å². The number of carbonyl (C=O) groups is 4. The highest BCUT2D eigenvalue weighted by atomic mass is 32.2. The van der Waals surface area contributed by atoms with Crippen LogP contribution in [0.15, 0.2) is 53.4 Å². The Bertz CT molecular complexity index is 1030. The number of nitrogens with zero attached hydrogens (tertiary/aromatic N) is 1. The van der Waals surface area contributed by atoms with E-state index in [1.165, 1.54) is 25.8 Å². The van der Waals surface area contributed by atoms with E-state index in [1.54, 1.807) is 55.5 Å². The number of hydrazine groups is 1. The Labute approximate surface area is 183 Å². The molecule has 0 radical (unpaired) electrons. The Morgan fingerprint density at radius 3 is 2.52 bits per heavy atom. The fraction of sp³-hybridized carbons (Fsp3) is 0.238. The van der Waals surface area contributed by atoms with Gasteiger partial charge in [-0.25, -0.2) is 4.79 Å². The first-order valence-corrected chi connectivity index (χ1v) is 10.3. The number of benzene rings is 2. The molecule has 0 aliphatic carbocycles. The molecule has 0 aromatic heterocycles. The zero-order valence-corrected chi connectivity index (χ0v) is 18.0. The van der Waals surface area contributed by atoms with Crippen LogP contribution in [0.3, 0.4) is 0 Å². The Hall–Kier alpha value is -3.53. The topological polar surface area (TPSA) is 117 Å². The van der Waals surface area contributed by atoms with Crippen LogP contribution in [0.5, 0.6) is 5.75 Å². The number of hydrogen-bond donors (Lipinski definition) is 3. The second-order valence-electron chi connectivity index (χ2n) is 6.96. The summed E-state index contributed by atoms with van der Waals surface area (Å²) in [6, 6.07) is 13.1. The molecule has 0 saturated carbocycles. The predicted octanol–water partition coefficient (Wildman–Crippen LogP) is 2.24. The molecule has 10 heteroatoms. The molecule has 2 aromatic carbocycles. The maximum absolute atomic E-state index is 12.9. The van der Waals surface area contributed by atoms with Gasteiger partial charge in [-0.3, -0.25) is 19.8 Å². The van der Waals surface area contributed by atoms with E-state index in [1.807, 2.05) is 0 Å². The number of ether oxygens (including phenoxy) is 1. The van der Waals surface area contributed by atoms with Crippen molar-refractivity contribution in [2.24, 2.45) is 0 Å². The maximum Gasteiger partial charge on any atom is 0.344 e. The summed E-state index contributed by atoms with van der Waals surface area (Å²) in [5.74, 6) is -0.733. The number of amides is 5. The fourth-order valence-corrected chi connectivity index (χ4v) is 3.70. The van der Waals surface area contributed by atoms with Gasteiger partial charge in [0, 0.05) is 17.5 Å². The second kappa shape index (κ2) is 9.09. The lowest BCUT2D eigenvalue weighted by Gasteiger charge is -2.22. The monoisotopic (exact) mass is 442 g/mol. The van der Waals surface area contributed by atoms with E-state index in [0.717, 1.165) is 4.90 Å². The van der Waals surface area contributed by atoms with Crippen LogP contribution in [0.25, 0.3) is 0 Å². The number of imide groups is 1. The molecule has 1 aliphatic rings. The van der Waals surface area contributed by atoms with Gasteiger partial charge in [0.2, 0.25) is 11.8 Å². The van der Waals surface area contributed by atoms with Crippen LogP contribution < -0.4 is 20.8 Å². The van der Waals surface area contributed by atoms with E-state index in [2.05, 4.69) is 16.1 Å². The van der Waals surface area contributed by atoms with Crippen molar-refractivity contribution in [3.05, 3.63) is 54.1 Å². The number of nitrogens with one attached hydrogen (secondary N) is 3. The van der Waals surface area contributed by atoms with Crippen LogP contribution in [-0.4, -0.2) is 41.6 Å². The van der Waals surface area contributed by atoms with Crippen molar-refractivity contribution < 1.29 is 23.9 Å². The van der Waals surface area contributed by atoms with E-state index in [0.29, 0.717) is 22.0 Å². The SMILES string of the molecule is COc1cccc([C@@]2(C)NC(=O)N(NC(=O)CSc3ccc(NC(C)=O)cc3)C2=O)c1. The summed E-state index contributed by atoms with van der Waals surface area (Å²) in [5, 5.41) is 5.98. The molecular weight excluding hydrogens is 420 g/mol. The molecule has 9 nitrogen and oxygen atoms in total. The molecule has 31 heavy (non-hydrogen) atoms. The first-order chi connectivity index (χ1) is 14.7. The van der Waals surface area contributed by atoms with Crippen LogP contribution in [0.2, 0.25) is 0 Å². The van der Waals surface area contributed by atoms with Crippen molar-refractivity contribution in [1.29, 1.82) is 0 Å². The lowest BCUT2D eigenvalue weighted by atomic mass is 9.92. The molecule has 3 rings (SSSR count). The van der Waals surface area contributed by atoms with Gasteiger partial charge in [0.15, 0.2) is 0 Å². The largest absolute Gasteiger partial charge is 0.497 e. The van der Waals surface area contributed by atoms with Gasteiger partial charge in [0.1, 0.15) is 11.3 Å². The zero-order valence-electron chi connectivity index (χ0n) is 17.2. The lowest BCUT2D eigenvalue weighted by Crippen LogP contribution is -2.48. The average Bonchev–Trinajstić information content (AvgIpc) is 2.97. The highest BCUT2D eigenvalue weighted by Gasteiger charge is 2.50. The molecule has 1 atom stereocenters. The van der Waals surface area contributed by atoms with E-state index in [-0.39, 0.29) is 11.7 Å². The summed E-state index contributed by atoms with van der Waals surface area (Å²) < 4.78 is 5.18. The van der Waals surface area contributed by atoms with E-state index < -0.39 is 23.4 Å². The number of thioether (sulfide) groups is 1. The smallest absolute Gasteiger partial charge is 0.344 e. The molecule has 1 fully saturated rings. The number of urea groups is 1. The molecule has 162 valence electrons. The molecule has 1 aliphatic heterocycles. The molecule has 1 heterocycles. The number of methoxy groups -OCH3 is 1. The van der Waals surface area contributed by atoms with E-state index in [4.69, 9.17) is 4.74 Å². The van der Waals surface area contributed by atoms with Gasteiger partial charge in [-0.05, 0) is 48.9 Å². The van der Waals surface area contributed by atoms with Crippen molar-refractivity contribution in [2.75, 3.05) is 18.2 Å². The summed E-state index contributed by atoms with van der Waals surface area (Å²) >= 11 is 1.23. The summed E-state index contributed by atoms with van der Waals surface area (Å²) in [5.41, 5.74) is 2.22. The fourth-order valence-electron chi connectivity index (χ4n) is 3.01. The maximum atomic E-state index is 12.9. The lowest BCUT2D eigenvalue weighted by molar-refractivity contribution is -0.138. The minimum atomic E-state index is -1.33. The van der Waals surface area contributed by atoms with Gasteiger partial charge in [-0.15, -0.1) is 11.8 Å². The Morgan fingerprint density at radius 2 is 1.87 bits per heavy atom. The average molecular weight is 442 g/mol. The van der Waals surface area contributed by atoms with Crippen LogP contribution in [0.1, 0.15) is 19.4 Å². The molecule has 3 N–H and O–H groups in total. The van der Waals surface area contributed by atoms with E-state index in [9.17, 15) is 19.2 Å². The van der Waals surface area contributed by atoms with Gasteiger partial charge in [-0.2, -0.15) is 5.01 Å². The molecular formula is C21H22N4O5S. The van der Waals surface area contributed by atoms with Crippen molar-refractivity contribution in [1.82, 2.24) is 15.8 Å².